The van der Waals surface area contributed by atoms with Crippen molar-refractivity contribution in [3.63, 3.8) is 0 Å². The molecule has 2 aromatic heterocycles. The van der Waals surface area contributed by atoms with E-state index < -0.39 is 6.09 Å². The van der Waals surface area contributed by atoms with Gasteiger partial charge in [0, 0.05) is 53.9 Å². The molecule has 204 valence electrons. The van der Waals surface area contributed by atoms with Crippen LogP contribution in [0.1, 0.15) is 31.2 Å². The first-order valence-corrected chi connectivity index (χ1v) is 13.5. The lowest BCUT2D eigenvalue weighted by Crippen LogP contribution is -2.44. The summed E-state index contributed by atoms with van der Waals surface area (Å²) in [5.74, 6) is 1.63. The molecule has 1 aliphatic carbocycles. The lowest BCUT2D eigenvalue weighted by atomic mass is 10.0. The Balaban J connectivity index is 1.29. The van der Waals surface area contributed by atoms with Crippen LogP contribution in [-0.2, 0) is 4.79 Å². The van der Waals surface area contributed by atoms with E-state index in [1.807, 2.05) is 49.4 Å². The Bertz CT molecular complexity index is 1590. The molecule has 2 aromatic carbocycles. The molecule has 40 heavy (non-hydrogen) atoms. The molecule has 0 bridgehead atoms. The molecule has 3 N–H and O–H groups in total. The number of anilines is 2. The molecule has 1 saturated heterocycles. The number of pyridine rings is 1. The van der Waals surface area contributed by atoms with E-state index in [0.717, 1.165) is 47.7 Å². The van der Waals surface area contributed by atoms with Crippen LogP contribution in [0.3, 0.4) is 0 Å². The number of carboxylic acid groups (broad SMARTS) is 1. The summed E-state index contributed by atoms with van der Waals surface area (Å²) >= 11 is 0. The Morgan fingerprint density at radius 3 is 2.70 bits per heavy atom. The summed E-state index contributed by atoms with van der Waals surface area (Å²) in [6.07, 6.45) is 5.91. The minimum absolute atomic E-state index is 0.0552. The summed E-state index contributed by atoms with van der Waals surface area (Å²) in [4.78, 5) is 38.9. The van der Waals surface area contributed by atoms with Crippen LogP contribution >= 0.6 is 0 Å². The van der Waals surface area contributed by atoms with Crippen molar-refractivity contribution in [3.05, 3.63) is 66.5 Å². The van der Waals surface area contributed by atoms with E-state index in [-0.39, 0.29) is 17.9 Å². The maximum atomic E-state index is 12.5. The fourth-order valence-corrected chi connectivity index (χ4v) is 5.06. The summed E-state index contributed by atoms with van der Waals surface area (Å²) in [6, 6.07) is 15.2. The predicted octanol–water partition coefficient (Wildman–Crippen LogP) is 5.70. The zero-order valence-electron chi connectivity index (χ0n) is 22.1. The Kier molecular flexibility index (Phi) is 6.90. The third-order valence-corrected chi connectivity index (χ3v) is 7.34. The number of benzene rings is 2. The fourth-order valence-electron chi connectivity index (χ4n) is 5.06. The van der Waals surface area contributed by atoms with Gasteiger partial charge in [0.1, 0.15) is 5.75 Å². The van der Waals surface area contributed by atoms with E-state index in [2.05, 4.69) is 20.6 Å². The highest BCUT2D eigenvalue weighted by Crippen LogP contribution is 2.39. The molecular formula is C30H30N6O4. The van der Waals surface area contributed by atoms with Gasteiger partial charge in [-0.15, -0.1) is 0 Å². The molecule has 6 rings (SSSR count). The average Bonchev–Trinajstić information content (AvgIpc) is 3.81. The third kappa shape index (κ3) is 5.38. The van der Waals surface area contributed by atoms with Gasteiger partial charge in [-0.3, -0.25) is 4.79 Å². The van der Waals surface area contributed by atoms with Gasteiger partial charge in [0.15, 0.2) is 0 Å². The molecule has 2 amide bonds. The predicted molar refractivity (Wildman–Crippen MR) is 152 cm³/mol. The Hall–Kier alpha value is -4.73. The van der Waals surface area contributed by atoms with Gasteiger partial charge in [0.2, 0.25) is 17.7 Å². The van der Waals surface area contributed by atoms with E-state index in [0.29, 0.717) is 41.9 Å². The second kappa shape index (κ2) is 10.8. The van der Waals surface area contributed by atoms with Gasteiger partial charge < -0.3 is 25.4 Å². The number of nitrogens with one attached hydrogen (secondary N) is 2. The second-order valence-electron chi connectivity index (χ2n) is 10.3. The van der Waals surface area contributed by atoms with Crippen LogP contribution in [0.4, 0.5) is 16.4 Å². The van der Waals surface area contributed by atoms with Crippen molar-refractivity contribution in [1.29, 1.82) is 0 Å². The van der Waals surface area contributed by atoms with Crippen LogP contribution in [0.15, 0.2) is 60.9 Å². The largest absolute Gasteiger partial charge is 0.465 e. The minimum atomic E-state index is -0.917. The smallest absolute Gasteiger partial charge is 0.407 e. The average molecular weight is 539 g/mol. The van der Waals surface area contributed by atoms with E-state index >= 15 is 0 Å². The van der Waals surface area contributed by atoms with Crippen LogP contribution in [-0.4, -0.2) is 56.1 Å². The van der Waals surface area contributed by atoms with Crippen molar-refractivity contribution in [2.24, 2.45) is 5.92 Å². The molecule has 1 aliphatic heterocycles. The SMILES string of the molecule is Cc1ccc2c(NC(=O)C3CC3)cccc2c1Oc1ncccc1-c1ccnc(N[C@H]2CCCN(C(=O)O)C2)n1. The molecule has 10 nitrogen and oxygen atoms in total. The number of ether oxygens (including phenoxy) is 1. The Morgan fingerprint density at radius 2 is 1.88 bits per heavy atom. The number of piperidine rings is 1. The number of nitrogens with zero attached hydrogens (tertiary/aromatic N) is 4. The number of aryl methyl sites for hydroxylation is 1. The van der Waals surface area contributed by atoms with Crippen molar-refractivity contribution in [1.82, 2.24) is 19.9 Å². The number of fused-ring (bicyclic) bond motifs is 1. The van der Waals surface area contributed by atoms with Crippen molar-refractivity contribution in [2.75, 3.05) is 23.7 Å². The topological polar surface area (TPSA) is 130 Å². The Morgan fingerprint density at radius 1 is 1.00 bits per heavy atom. The zero-order valence-corrected chi connectivity index (χ0v) is 22.1. The highest BCUT2D eigenvalue weighted by Gasteiger charge is 2.30. The van der Waals surface area contributed by atoms with Crippen LogP contribution in [0.2, 0.25) is 0 Å². The summed E-state index contributed by atoms with van der Waals surface area (Å²) in [7, 11) is 0. The number of aromatic nitrogens is 3. The van der Waals surface area contributed by atoms with E-state index in [1.165, 1.54) is 4.90 Å². The monoisotopic (exact) mass is 538 g/mol. The van der Waals surface area contributed by atoms with Gasteiger partial charge >= 0.3 is 6.09 Å². The molecule has 0 radical (unpaired) electrons. The number of hydrogen-bond donors (Lipinski definition) is 3. The molecule has 1 saturated carbocycles. The highest BCUT2D eigenvalue weighted by atomic mass is 16.5. The van der Waals surface area contributed by atoms with E-state index in [1.54, 1.807) is 18.5 Å². The first-order chi connectivity index (χ1) is 19.5. The van der Waals surface area contributed by atoms with Crippen molar-refractivity contribution >= 4 is 34.4 Å². The number of likely N-dealkylation sites (tertiary alicyclic amines) is 1. The number of rotatable bonds is 7. The van der Waals surface area contributed by atoms with Crippen LogP contribution in [0, 0.1) is 12.8 Å². The number of hydrogen-bond acceptors (Lipinski definition) is 7. The van der Waals surface area contributed by atoms with Crippen molar-refractivity contribution in [3.8, 4) is 22.9 Å². The molecule has 3 heterocycles. The van der Waals surface area contributed by atoms with Crippen molar-refractivity contribution < 1.29 is 19.4 Å². The molecule has 10 heteroatoms. The molecule has 4 aromatic rings. The van der Waals surface area contributed by atoms with Gasteiger partial charge in [-0.25, -0.2) is 19.7 Å². The standard InChI is InChI=1S/C30H30N6O4/c1-18-9-12-21-22(6-2-8-24(21)34-27(37)19-10-11-19)26(18)40-28-23(7-3-14-31-28)25-13-15-32-29(35-25)33-20-5-4-16-36(17-20)30(38)39/h2-3,6-9,12-15,19-20H,4-5,10-11,16-17H2,1H3,(H,34,37)(H,38,39)(H,32,33,35)/t20-/m0/s1. The molecule has 0 spiro atoms. The van der Waals surface area contributed by atoms with Gasteiger partial charge in [-0.1, -0.05) is 24.3 Å². The number of amides is 2. The van der Waals surface area contributed by atoms with Gasteiger partial charge in [0.25, 0.3) is 0 Å². The first kappa shape index (κ1) is 25.5. The fraction of sp³-hybridized carbons (Fsp3) is 0.300. The lowest BCUT2D eigenvalue weighted by molar-refractivity contribution is -0.117. The normalized spacial score (nSPS) is 16.9. The van der Waals surface area contributed by atoms with Crippen LogP contribution in [0.25, 0.3) is 22.0 Å². The summed E-state index contributed by atoms with van der Waals surface area (Å²) in [5, 5.41) is 17.5. The second-order valence-corrected chi connectivity index (χ2v) is 10.3. The first-order valence-electron chi connectivity index (χ1n) is 13.5. The third-order valence-electron chi connectivity index (χ3n) is 7.34. The maximum Gasteiger partial charge on any atom is 0.407 e. The molecular weight excluding hydrogens is 508 g/mol. The van der Waals surface area contributed by atoms with E-state index in [4.69, 9.17) is 9.72 Å². The van der Waals surface area contributed by atoms with Crippen LogP contribution < -0.4 is 15.4 Å². The van der Waals surface area contributed by atoms with Gasteiger partial charge in [-0.2, -0.15) is 0 Å². The zero-order chi connectivity index (χ0) is 27.6. The molecule has 0 unspecified atom stereocenters. The number of carbonyl (C=O) groups excluding carboxylic acids is 1. The van der Waals surface area contributed by atoms with Crippen molar-refractivity contribution in [2.45, 2.75) is 38.6 Å². The summed E-state index contributed by atoms with van der Waals surface area (Å²) < 4.78 is 6.48. The van der Waals surface area contributed by atoms with Crippen LogP contribution in [0.5, 0.6) is 11.6 Å². The van der Waals surface area contributed by atoms with E-state index in [9.17, 15) is 14.7 Å². The van der Waals surface area contributed by atoms with Gasteiger partial charge in [-0.05, 0) is 62.4 Å². The summed E-state index contributed by atoms with van der Waals surface area (Å²) in [6.45, 7) is 2.89. The maximum absolute atomic E-state index is 12.5. The highest BCUT2D eigenvalue weighted by molar-refractivity contribution is 6.05. The molecule has 1 atom stereocenters. The summed E-state index contributed by atoms with van der Waals surface area (Å²) in [5.41, 5.74) is 3.01. The molecule has 2 aliphatic rings. The molecule has 2 fully saturated rings. The lowest BCUT2D eigenvalue weighted by Gasteiger charge is -2.31. The quantitative estimate of drug-likeness (QED) is 0.273. The Labute approximate surface area is 231 Å². The number of carbonyl (C=O) groups is 2. The van der Waals surface area contributed by atoms with Gasteiger partial charge in [0.05, 0.1) is 11.3 Å². The minimum Gasteiger partial charge on any atom is -0.465 e.